The summed E-state index contributed by atoms with van der Waals surface area (Å²) in [6, 6.07) is 3.14. The van der Waals surface area contributed by atoms with Crippen LogP contribution in [-0.2, 0) is 0 Å². The Morgan fingerprint density at radius 1 is 1.32 bits per heavy atom. The molecule has 0 radical (unpaired) electrons. The minimum absolute atomic E-state index is 0.238. The van der Waals surface area contributed by atoms with E-state index in [2.05, 4.69) is 5.32 Å². The molecule has 0 saturated heterocycles. The van der Waals surface area contributed by atoms with Crippen LogP contribution in [0.15, 0.2) is 17.5 Å². The summed E-state index contributed by atoms with van der Waals surface area (Å²) in [4.78, 5) is 12.0. The SMILES string of the molecule is CNc1csc(-c2cc(C)c(F)cc2C)c1C(=O)O. The van der Waals surface area contributed by atoms with Crippen molar-refractivity contribution in [3.05, 3.63) is 40.0 Å². The summed E-state index contributed by atoms with van der Waals surface area (Å²) in [6.45, 7) is 3.45. The normalized spacial score (nSPS) is 10.5. The summed E-state index contributed by atoms with van der Waals surface area (Å²) in [5.41, 5.74) is 2.82. The van der Waals surface area contributed by atoms with Gasteiger partial charge in [0.1, 0.15) is 11.4 Å². The summed E-state index contributed by atoms with van der Waals surface area (Å²) < 4.78 is 13.5. The standard InChI is InChI=1S/C14H14FNO2S/c1-7-5-10(15)8(2)4-9(7)13-12(14(17)18)11(16-3)6-19-13/h4-6,16H,1-3H3,(H,17,18). The number of benzene rings is 1. The van der Waals surface area contributed by atoms with Gasteiger partial charge in [0.15, 0.2) is 0 Å². The zero-order chi connectivity index (χ0) is 14.2. The van der Waals surface area contributed by atoms with Crippen molar-refractivity contribution < 1.29 is 14.3 Å². The fraction of sp³-hybridized carbons (Fsp3) is 0.214. The summed E-state index contributed by atoms with van der Waals surface area (Å²) in [7, 11) is 1.68. The predicted molar refractivity (Wildman–Crippen MR) is 75.7 cm³/mol. The Kier molecular flexibility index (Phi) is 3.57. The van der Waals surface area contributed by atoms with Crippen LogP contribution >= 0.6 is 11.3 Å². The molecule has 0 aliphatic heterocycles. The number of rotatable bonds is 3. The highest BCUT2D eigenvalue weighted by atomic mass is 32.1. The largest absolute Gasteiger partial charge is 0.478 e. The van der Waals surface area contributed by atoms with E-state index < -0.39 is 5.97 Å². The molecule has 1 heterocycles. The van der Waals surface area contributed by atoms with Crippen molar-refractivity contribution in [3.63, 3.8) is 0 Å². The average molecular weight is 279 g/mol. The molecule has 0 fully saturated rings. The minimum atomic E-state index is -0.984. The van der Waals surface area contributed by atoms with Gasteiger partial charge in [-0.15, -0.1) is 11.3 Å². The Balaban J connectivity index is 2.69. The number of carboxylic acid groups (broad SMARTS) is 1. The number of thiophene rings is 1. The summed E-state index contributed by atoms with van der Waals surface area (Å²) in [5.74, 6) is -1.26. The number of carboxylic acids is 1. The van der Waals surface area contributed by atoms with Crippen molar-refractivity contribution in [2.45, 2.75) is 13.8 Å². The van der Waals surface area contributed by atoms with E-state index in [1.807, 2.05) is 0 Å². The Labute approximate surface area is 114 Å². The van der Waals surface area contributed by atoms with Gasteiger partial charge in [-0.05, 0) is 42.7 Å². The van der Waals surface area contributed by atoms with E-state index in [4.69, 9.17) is 0 Å². The molecule has 2 rings (SSSR count). The topological polar surface area (TPSA) is 49.3 Å². The molecule has 3 nitrogen and oxygen atoms in total. The molecule has 0 unspecified atom stereocenters. The van der Waals surface area contributed by atoms with Gasteiger partial charge < -0.3 is 10.4 Å². The third-order valence-electron chi connectivity index (χ3n) is 3.02. The molecule has 2 aromatic rings. The summed E-state index contributed by atoms with van der Waals surface area (Å²) >= 11 is 1.35. The van der Waals surface area contributed by atoms with Crippen molar-refractivity contribution in [2.75, 3.05) is 12.4 Å². The maximum Gasteiger partial charge on any atom is 0.339 e. The molecule has 0 saturated carbocycles. The van der Waals surface area contributed by atoms with Crippen molar-refractivity contribution >= 4 is 23.0 Å². The minimum Gasteiger partial charge on any atom is -0.478 e. The van der Waals surface area contributed by atoms with Gasteiger partial charge in [0.25, 0.3) is 0 Å². The van der Waals surface area contributed by atoms with E-state index in [1.165, 1.54) is 17.4 Å². The molecular weight excluding hydrogens is 265 g/mol. The first-order chi connectivity index (χ1) is 8.95. The summed E-state index contributed by atoms with van der Waals surface area (Å²) in [6.07, 6.45) is 0. The lowest BCUT2D eigenvalue weighted by molar-refractivity contribution is 0.0699. The maximum absolute atomic E-state index is 13.5. The van der Waals surface area contributed by atoms with E-state index in [0.29, 0.717) is 16.1 Å². The molecule has 1 aromatic carbocycles. The maximum atomic E-state index is 13.5. The van der Waals surface area contributed by atoms with Crippen LogP contribution in [0.2, 0.25) is 0 Å². The van der Waals surface area contributed by atoms with Crippen LogP contribution in [0, 0.1) is 19.7 Å². The van der Waals surface area contributed by atoms with Crippen LogP contribution in [-0.4, -0.2) is 18.1 Å². The Morgan fingerprint density at radius 2 is 2.00 bits per heavy atom. The number of nitrogens with one attached hydrogen (secondary N) is 1. The lowest BCUT2D eigenvalue weighted by atomic mass is 10.0. The highest BCUT2D eigenvalue weighted by molar-refractivity contribution is 7.14. The lowest BCUT2D eigenvalue weighted by Crippen LogP contribution is -2.02. The third kappa shape index (κ3) is 2.33. The number of carbonyl (C=O) groups is 1. The van der Waals surface area contributed by atoms with Crippen LogP contribution < -0.4 is 5.32 Å². The first-order valence-electron chi connectivity index (χ1n) is 5.75. The fourth-order valence-electron chi connectivity index (χ4n) is 1.98. The number of aromatic carboxylic acids is 1. The van der Waals surface area contributed by atoms with Gasteiger partial charge in [-0.3, -0.25) is 0 Å². The molecule has 0 amide bonds. The predicted octanol–water partition coefficient (Wildman–Crippen LogP) is 3.91. The van der Waals surface area contributed by atoms with Crippen LogP contribution in [0.4, 0.5) is 10.1 Å². The second-order valence-electron chi connectivity index (χ2n) is 4.32. The molecule has 0 spiro atoms. The van der Waals surface area contributed by atoms with E-state index in [0.717, 1.165) is 11.1 Å². The molecule has 2 N–H and O–H groups in total. The molecular formula is C14H14FNO2S. The van der Waals surface area contributed by atoms with E-state index in [-0.39, 0.29) is 11.4 Å². The van der Waals surface area contributed by atoms with Crippen LogP contribution in [0.1, 0.15) is 21.5 Å². The number of anilines is 1. The number of hydrogen-bond acceptors (Lipinski definition) is 3. The van der Waals surface area contributed by atoms with Gasteiger partial charge in [0.05, 0.1) is 10.6 Å². The quantitative estimate of drug-likeness (QED) is 0.895. The Hall–Kier alpha value is -1.88. The average Bonchev–Trinajstić information content (AvgIpc) is 2.77. The molecule has 0 bridgehead atoms. The molecule has 1 aromatic heterocycles. The second kappa shape index (κ2) is 5.01. The van der Waals surface area contributed by atoms with E-state index in [9.17, 15) is 14.3 Å². The number of aryl methyl sites for hydroxylation is 2. The highest BCUT2D eigenvalue weighted by Gasteiger charge is 2.20. The molecule has 19 heavy (non-hydrogen) atoms. The zero-order valence-electron chi connectivity index (χ0n) is 10.9. The monoisotopic (exact) mass is 279 g/mol. The molecule has 0 aliphatic carbocycles. The smallest absolute Gasteiger partial charge is 0.339 e. The molecule has 0 aliphatic rings. The van der Waals surface area contributed by atoms with Crippen LogP contribution in [0.25, 0.3) is 10.4 Å². The third-order valence-corrected chi connectivity index (χ3v) is 4.04. The van der Waals surface area contributed by atoms with Gasteiger partial charge >= 0.3 is 5.97 Å². The number of halogens is 1. The van der Waals surface area contributed by atoms with Crippen molar-refractivity contribution in [3.8, 4) is 10.4 Å². The summed E-state index contributed by atoms with van der Waals surface area (Å²) in [5, 5.41) is 14.0. The van der Waals surface area contributed by atoms with Gasteiger partial charge in [0.2, 0.25) is 0 Å². The van der Waals surface area contributed by atoms with E-state index in [1.54, 1.807) is 32.3 Å². The first-order valence-corrected chi connectivity index (χ1v) is 6.63. The second-order valence-corrected chi connectivity index (χ2v) is 5.20. The fourth-order valence-corrected chi connectivity index (χ4v) is 3.11. The molecule has 0 atom stereocenters. The Morgan fingerprint density at radius 3 is 2.58 bits per heavy atom. The first kappa shape index (κ1) is 13.5. The Bertz CT molecular complexity index is 649. The molecule has 100 valence electrons. The van der Waals surface area contributed by atoms with Gasteiger partial charge in [-0.2, -0.15) is 0 Å². The zero-order valence-corrected chi connectivity index (χ0v) is 11.7. The van der Waals surface area contributed by atoms with Gasteiger partial charge in [-0.25, -0.2) is 9.18 Å². The molecule has 5 heteroatoms. The lowest BCUT2D eigenvalue weighted by Gasteiger charge is -2.08. The van der Waals surface area contributed by atoms with E-state index >= 15 is 0 Å². The number of hydrogen-bond donors (Lipinski definition) is 2. The van der Waals surface area contributed by atoms with Gasteiger partial charge in [-0.1, -0.05) is 0 Å². The van der Waals surface area contributed by atoms with Crippen LogP contribution in [0.5, 0.6) is 0 Å². The van der Waals surface area contributed by atoms with Crippen molar-refractivity contribution in [1.29, 1.82) is 0 Å². The highest BCUT2D eigenvalue weighted by Crippen LogP contribution is 2.38. The van der Waals surface area contributed by atoms with Crippen molar-refractivity contribution in [1.82, 2.24) is 0 Å². The van der Waals surface area contributed by atoms with Gasteiger partial charge in [0, 0.05) is 12.4 Å². The van der Waals surface area contributed by atoms with Crippen LogP contribution in [0.3, 0.4) is 0 Å². The van der Waals surface area contributed by atoms with Crippen molar-refractivity contribution in [2.24, 2.45) is 0 Å².